The molecule has 1 unspecified atom stereocenters. The van der Waals surface area contributed by atoms with Crippen LogP contribution in [-0.2, 0) is 4.79 Å². The molecule has 0 N–H and O–H groups in total. The summed E-state index contributed by atoms with van der Waals surface area (Å²) in [5.74, 6) is 0.939. The monoisotopic (exact) mass is 394 g/mol. The summed E-state index contributed by atoms with van der Waals surface area (Å²) >= 11 is 0. The second-order valence-electron chi connectivity index (χ2n) is 9.52. The van der Waals surface area contributed by atoms with E-state index in [0.29, 0.717) is 11.7 Å². The lowest BCUT2D eigenvalue weighted by molar-refractivity contribution is -0.117. The predicted molar refractivity (Wildman–Crippen MR) is 127 cm³/mol. The van der Waals surface area contributed by atoms with Crippen LogP contribution in [0.4, 0.5) is 0 Å². The predicted octanol–water partition coefficient (Wildman–Crippen LogP) is 9.81. The number of unbranched alkanes of at least 4 members (excludes halogenated alkanes) is 19. The van der Waals surface area contributed by atoms with Crippen LogP contribution < -0.4 is 0 Å². The van der Waals surface area contributed by atoms with Gasteiger partial charge in [0.2, 0.25) is 0 Å². The summed E-state index contributed by atoms with van der Waals surface area (Å²) in [5, 5.41) is 0. The molecule has 1 atom stereocenters. The lowest BCUT2D eigenvalue weighted by Crippen LogP contribution is -2.01. The highest BCUT2D eigenvalue weighted by molar-refractivity contribution is 5.75. The zero-order valence-corrected chi connectivity index (χ0v) is 20.0. The molecule has 1 nitrogen and oxygen atoms in total. The Hall–Kier alpha value is -0.330. The molecule has 0 aliphatic carbocycles. The van der Waals surface area contributed by atoms with Crippen LogP contribution in [0.15, 0.2) is 0 Å². The van der Waals surface area contributed by atoms with E-state index in [1.165, 1.54) is 135 Å². The highest BCUT2D eigenvalue weighted by Crippen LogP contribution is 2.17. The third-order valence-electron chi connectivity index (χ3n) is 6.19. The quantitative estimate of drug-likeness (QED) is 0.158. The van der Waals surface area contributed by atoms with Crippen molar-refractivity contribution in [1.29, 1.82) is 0 Å². The molecule has 0 aliphatic rings. The first-order chi connectivity index (χ1) is 13.7. The summed E-state index contributed by atoms with van der Waals surface area (Å²) in [7, 11) is 0. The minimum atomic E-state index is 0.348. The van der Waals surface area contributed by atoms with Crippen LogP contribution in [0, 0.1) is 5.92 Å². The first-order valence-corrected chi connectivity index (χ1v) is 13.2. The van der Waals surface area contributed by atoms with Gasteiger partial charge in [-0.25, -0.2) is 0 Å². The molecular weight excluding hydrogens is 340 g/mol. The van der Waals surface area contributed by atoms with Crippen molar-refractivity contribution >= 4 is 5.78 Å². The molecule has 168 valence electrons. The first kappa shape index (κ1) is 27.7. The average molecular weight is 395 g/mol. The van der Waals surface area contributed by atoms with Crippen molar-refractivity contribution in [2.24, 2.45) is 5.92 Å². The third-order valence-corrected chi connectivity index (χ3v) is 6.19. The molecule has 0 aliphatic heterocycles. The second-order valence-corrected chi connectivity index (χ2v) is 9.52. The summed E-state index contributed by atoms with van der Waals surface area (Å²) in [5.41, 5.74) is 0. The Labute approximate surface area is 178 Å². The van der Waals surface area contributed by atoms with Gasteiger partial charge in [-0.2, -0.15) is 0 Å². The van der Waals surface area contributed by atoms with Gasteiger partial charge in [0.05, 0.1) is 0 Å². The minimum absolute atomic E-state index is 0.348. The fourth-order valence-corrected chi connectivity index (χ4v) is 4.34. The number of ketones is 1. The Kier molecular flexibility index (Phi) is 22.7. The summed E-state index contributed by atoms with van der Waals surface area (Å²) in [6.07, 6.45) is 30.8. The van der Waals surface area contributed by atoms with E-state index in [9.17, 15) is 4.79 Å². The van der Waals surface area contributed by atoms with Crippen LogP contribution in [0.1, 0.15) is 162 Å². The molecule has 28 heavy (non-hydrogen) atoms. The zero-order valence-electron chi connectivity index (χ0n) is 20.0. The average Bonchev–Trinajstić information content (AvgIpc) is 2.66. The molecule has 0 aromatic carbocycles. The number of carbonyl (C=O) groups is 1. The molecule has 0 radical (unpaired) electrons. The van der Waals surface area contributed by atoms with Crippen molar-refractivity contribution < 1.29 is 4.79 Å². The Morgan fingerprint density at radius 1 is 0.536 bits per heavy atom. The van der Waals surface area contributed by atoms with Crippen LogP contribution in [0.3, 0.4) is 0 Å². The van der Waals surface area contributed by atoms with Crippen molar-refractivity contribution in [3.63, 3.8) is 0 Å². The van der Waals surface area contributed by atoms with Gasteiger partial charge in [-0.15, -0.1) is 0 Å². The maximum atomic E-state index is 11.1. The van der Waals surface area contributed by atoms with Gasteiger partial charge < -0.3 is 4.79 Å². The number of hydrogen-bond donors (Lipinski definition) is 0. The Morgan fingerprint density at radius 2 is 0.821 bits per heavy atom. The molecule has 0 aromatic heterocycles. The van der Waals surface area contributed by atoms with Crippen LogP contribution >= 0.6 is 0 Å². The van der Waals surface area contributed by atoms with Crippen LogP contribution in [0.25, 0.3) is 0 Å². The van der Waals surface area contributed by atoms with E-state index in [-0.39, 0.29) is 0 Å². The normalized spacial score (nSPS) is 12.4. The SMILES string of the molecule is CCCCCCCCCCCCCCCCCCCCCCC(C)CC(C)=O. The largest absolute Gasteiger partial charge is 0.300 e. The molecule has 0 amide bonds. The standard InChI is InChI=1S/C27H54O/c1-4-5-6-7-8-9-10-11-12-13-14-15-16-17-18-19-20-21-22-23-24-26(2)25-27(3)28/h26H,4-25H2,1-3H3. The molecule has 0 saturated heterocycles. The number of hydrogen-bond acceptors (Lipinski definition) is 1. The van der Waals surface area contributed by atoms with Gasteiger partial charge >= 0.3 is 0 Å². The topological polar surface area (TPSA) is 17.1 Å². The Bertz CT molecular complexity index is 309. The molecule has 0 spiro atoms. The highest BCUT2D eigenvalue weighted by atomic mass is 16.1. The maximum Gasteiger partial charge on any atom is 0.130 e. The van der Waals surface area contributed by atoms with Gasteiger partial charge in [0, 0.05) is 6.42 Å². The fourth-order valence-electron chi connectivity index (χ4n) is 4.34. The van der Waals surface area contributed by atoms with Crippen LogP contribution in [0.2, 0.25) is 0 Å². The minimum Gasteiger partial charge on any atom is -0.300 e. The van der Waals surface area contributed by atoms with Crippen molar-refractivity contribution in [1.82, 2.24) is 0 Å². The smallest absolute Gasteiger partial charge is 0.130 e. The second kappa shape index (κ2) is 23.0. The zero-order chi connectivity index (χ0) is 20.7. The van der Waals surface area contributed by atoms with Crippen molar-refractivity contribution in [2.75, 3.05) is 0 Å². The summed E-state index contributed by atoms with van der Waals surface area (Å²) in [4.78, 5) is 11.1. The molecule has 0 heterocycles. The van der Waals surface area contributed by atoms with Gasteiger partial charge in [0.25, 0.3) is 0 Å². The fraction of sp³-hybridized carbons (Fsp3) is 0.963. The van der Waals surface area contributed by atoms with Crippen molar-refractivity contribution in [2.45, 2.75) is 162 Å². The van der Waals surface area contributed by atoms with Crippen LogP contribution in [-0.4, -0.2) is 5.78 Å². The van der Waals surface area contributed by atoms with E-state index in [4.69, 9.17) is 0 Å². The number of carbonyl (C=O) groups excluding carboxylic acids is 1. The van der Waals surface area contributed by atoms with Crippen LogP contribution in [0.5, 0.6) is 0 Å². The Morgan fingerprint density at radius 3 is 1.11 bits per heavy atom. The molecule has 0 fully saturated rings. The summed E-state index contributed by atoms with van der Waals surface area (Å²) < 4.78 is 0. The third kappa shape index (κ3) is 23.7. The van der Waals surface area contributed by atoms with E-state index in [0.717, 1.165) is 6.42 Å². The molecule has 0 aromatic rings. The molecular formula is C27H54O. The van der Waals surface area contributed by atoms with E-state index in [1.54, 1.807) is 6.92 Å². The van der Waals surface area contributed by atoms with E-state index >= 15 is 0 Å². The van der Waals surface area contributed by atoms with Gasteiger partial charge in [-0.1, -0.05) is 149 Å². The van der Waals surface area contributed by atoms with Crippen molar-refractivity contribution in [3.8, 4) is 0 Å². The van der Waals surface area contributed by atoms with E-state index in [1.807, 2.05) is 0 Å². The van der Waals surface area contributed by atoms with Gasteiger partial charge in [0.15, 0.2) is 0 Å². The van der Waals surface area contributed by atoms with E-state index < -0.39 is 0 Å². The van der Waals surface area contributed by atoms with Gasteiger partial charge in [-0.3, -0.25) is 0 Å². The van der Waals surface area contributed by atoms with Gasteiger partial charge in [-0.05, 0) is 12.8 Å². The lowest BCUT2D eigenvalue weighted by atomic mass is 9.97. The Balaban J connectivity index is 3.06. The summed E-state index contributed by atoms with van der Waals surface area (Å²) in [6.45, 7) is 6.23. The van der Waals surface area contributed by atoms with Crippen molar-refractivity contribution in [3.05, 3.63) is 0 Å². The molecule has 0 rings (SSSR count). The number of Topliss-reactive ketones (excluding diaryl/α,β-unsaturated/α-hetero) is 1. The molecule has 1 heteroatoms. The van der Waals surface area contributed by atoms with E-state index in [2.05, 4.69) is 13.8 Å². The first-order valence-electron chi connectivity index (χ1n) is 13.2. The molecule has 0 saturated carbocycles. The molecule has 0 bridgehead atoms. The highest BCUT2D eigenvalue weighted by Gasteiger charge is 2.04. The van der Waals surface area contributed by atoms with Gasteiger partial charge in [0.1, 0.15) is 5.78 Å². The lowest BCUT2D eigenvalue weighted by Gasteiger charge is -2.08. The maximum absolute atomic E-state index is 11.1. The summed E-state index contributed by atoms with van der Waals surface area (Å²) in [6, 6.07) is 0. The number of rotatable bonds is 23.